The first kappa shape index (κ1) is 23.9. The smallest absolute Gasteiger partial charge is 0.408 e. The Morgan fingerprint density at radius 2 is 1.55 bits per heavy atom. The number of likely N-dealkylation sites (N-methyl/N-ethyl adjacent to an activating group) is 1. The van der Waals surface area contributed by atoms with Crippen LogP contribution in [0.25, 0.3) is 0 Å². The summed E-state index contributed by atoms with van der Waals surface area (Å²) < 4.78 is 5.24. The molecule has 0 unspecified atom stereocenters. The van der Waals surface area contributed by atoms with Gasteiger partial charge in [-0.1, -0.05) is 48.5 Å². The SMILES string of the molecule is CN(C(=O)[C@H](CC(=O)NOCc1ccccc1)NC(=O)OC(C)(C)C)c1ccccc1. The number of hydroxylamine groups is 1. The summed E-state index contributed by atoms with van der Waals surface area (Å²) in [7, 11) is 1.57. The lowest BCUT2D eigenvalue weighted by Gasteiger charge is -2.26. The summed E-state index contributed by atoms with van der Waals surface area (Å²) in [6, 6.07) is 17.1. The van der Waals surface area contributed by atoms with Crippen molar-refractivity contribution in [1.82, 2.24) is 10.8 Å². The monoisotopic (exact) mass is 427 g/mol. The van der Waals surface area contributed by atoms with Gasteiger partial charge in [0, 0.05) is 12.7 Å². The number of anilines is 1. The lowest BCUT2D eigenvalue weighted by molar-refractivity contribution is -0.137. The number of nitrogens with zero attached hydrogens (tertiary/aromatic N) is 1. The zero-order valence-electron chi connectivity index (χ0n) is 18.3. The van der Waals surface area contributed by atoms with Crippen LogP contribution >= 0.6 is 0 Å². The van der Waals surface area contributed by atoms with Crippen LogP contribution in [-0.2, 0) is 25.8 Å². The van der Waals surface area contributed by atoms with Crippen LogP contribution in [0.4, 0.5) is 10.5 Å². The van der Waals surface area contributed by atoms with E-state index in [-0.39, 0.29) is 13.0 Å². The number of carbonyl (C=O) groups excluding carboxylic acids is 3. The van der Waals surface area contributed by atoms with E-state index in [1.165, 1.54) is 4.90 Å². The lowest BCUT2D eigenvalue weighted by atomic mass is 10.1. The van der Waals surface area contributed by atoms with Crippen molar-refractivity contribution in [3.8, 4) is 0 Å². The third kappa shape index (κ3) is 8.47. The van der Waals surface area contributed by atoms with Gasteiger partial charge in [0.25, 0.3) is 0 Å². The van der Waals surface area contributed by atoms with Gasteiger partial charge in [-0.05, 0) is 38.5 Å². The molecule has 0 saturated carbocycles. The molecule has 8 nitrogen and oxygen atoms in total. The van der Waals surface area contributed by atoms with Crippen molar-refractivity contribution in [2.75, 3.05) is 11.9 Å². The predicted molar refractivity (Wildman–Crippen MR) is 117 cm³/mol. The third-order valence-electron chi connectivity index (χ3n) is 4.12. The fourth-order valence-corrected chi connectivity index (χ4v) is 2.66. The number of nitrogens with one attached hydrogen (secondary N) is 2. The van der Waals surface area contributed by atoms with Crippen LogP contribution in [0.3, 0.4) is 0 Å². The van der Waals surface area contributed by atoms with Gasteiger partial charge in [-0.25, -0.2) is 10.3 Å². The topological polar surface area (TPSA) is 97.0 Å². The Morgan fingerprint density at radius 3 is 2.13 bits per heavy atom. The first-order valence-corrected chi connectivity index (χ1v) is 9.92. The molecule has 8 heteroatoms. The normalized spacial score (nSPS) is 11.9. The van der Waals surface area contributed by atoms with E-state index < -0.39 is 29.6 Å². The van der Waals surface area contributed by atoms with E-state index in [0.29, 0.717) is 5.69 Å². The number of hydrogen-bond acceptors (Lipinski definition) is 5. The van der Waals surface area contributed by atoms with E-state index in [1.54, 1.807) is 52.1 Å². The van der Waals surface area contributed by atoms with Gasteiger partial charge >= 0.3 is 6.09 Å². The Morgan fingerprint density at radius 1 is 0.968 bits per heavy atom. The molecule has 3 amide bonds. The maximum Gasteiger partial charge on any atom is 0.408 e. The highest BCUT2D eigenvalue weighted by molar-refractivity contribution is 6.00. The van der Waals surface area contributed by atoms with Crippen molar-refractivity contribution in [2.24, 2.45) is 0 Å². The summed E-state index contributed by atoms with van der Waals surface area (Å²) in [5, 5.41) is 2.49. The highest BCUT2D eigenvalue weighted by Crippen LogP contribution is 2.14. The van der Waals surface area contributed by atoms with Crippen molar-refractivity contribution in [3.05, 3.63) is 66.2 Å². The highest BCUT2D eigenvalue weighted by atomic mass is 16.6. The molecule has 0 heterocycles. The van der Waals surface area contributed by atoms with Crippen molar-refractivity contribution in [2.45, 2.75) is 45.4 Å². The molecule has 0 fully saturated rings. The largest absolute Gasteiger partial charge is 0.444 e. The highest BCUT2D eigenvalue weighted by Gasteiger charge is 2.29. The van der Waals surface area contributed by atoms with Crippen LogP contribution in [0, 0.1) is 0 Å². The summed E-state index contributed by atoms with van der Waals surface area (Å²) in [6.45, 7) is 5.31. The summed E-state index contributed by atoms with van der Waals surface area (Å²) in [4.78, 5) is 44.2. The van der Waals surface area contributed by atoms with Gasteiger partial charge in [-0.15, -0.1) is 0 Å². The molecule has 0 aliphatic rings. The second-order valence-electron chi connectivity index (χ2n) is 7.94. The number of hydrogen-bond donors (Lipinski definition) is 2. The Balaban J connectivity index is 2.02. The Labute approximate surface area is 182 Å². The minimum absolute atomic E-state index is 0.175. The summed E-state index contributed by atoms with van der Waals surface area (Å²) >= 11 is 0. The maximum absolute atomic E-state index is 13.0. The molecule has 1 atom stereocenters. The molecule has 31 heavy (non-hydrogen) atoms. The van der Waals surface area contributed by atoms with Crippen molar-refractivity contribution in [3.63, 3.8) is 0 Å². The predicted octanol–water partition coefficient (Wildman–Crippen LogP) is 3.18. The third-order valence-corrected chi connectivity index (χ3v) is 4.12. The number of benzene rings is 2. The van der Waals surface area contributed by atoms with Crippen LogP contribution in [-0.4, -0.2) is 36.6 Å². The van der Waals surface area contributed by atoms with Gasteiger partial charge in [0.1, 0.15) is 11.6 Å². The van der Waals surface area contributed by atoms with Crippen LogP contribution in [0.2, 0.25) is 0 Å². The molecule has 2 aromatic carbocycles. The molecule has 0 radical (unpaired) electrons. The number of amides is 3. The van der Waals surface area contributed by atoms with Crippen LogP contribution < -0.4 is 15.7 Å². The lowest BCUT2D eigenvalue weighted by Crippen LogP contribution is -2.50. The minimum Gasteiger partial charge on any atom is -0.444 e. The van der Waals surface area contributed by atoms with Crippen molar-refractivity contribution in [1.29, 1.82) is 0 Å². The quantitative estimate of drug-likeness (QED) is 0.631. The van der Waals surface area contributed by atoms with Gasteiger partial charge < -0.3 is 15.0 Å². The molecule has 2 rings (SSSR count). The average molecular weight is 428 g/mol. The number of carbonyl (C=O) groups is 3. The molecule has 0 aromatic heterocycles. The van der Waals surface area contributed by atoms with Crippen molar-refractivity contribution < 1.29 is 24.0 Å². The van der Waals surface area contributed by atoms with E-state index in [4.69, 9.17) is 9.57 Å². The van der Waals surface area contributed by atoms with E-state index in [9.17, 15) is 14.4 Å². The number of alkyl carbamates (subject to hydrolysis) is 1. The number of rotatable bonds is 8. The fraction of sp³-hybridized carbons (Fsp3) is 0.348. The summed E-state index contributed by atoms with van der Waals surface area (Å²) in [5.41, 5.74) is 3.08. The molecule has 0 bridgehead atoms. The summed E-state index contributed by atoms with van der Waals surface area (Å²) in [6.07, 6.45) is -1.10. The molecule has 0 aliphatic carbocycles. The van der Waals surface area contributed by atoms with Crippen LogP contribution in [0.5, 0.6) is 0 Å². The standard InChI is InChI=1S/C23H29N3O5/c1-23(2,3)31-22(29)24-19(21(28)26(4)18-13-9-6-10-14-18)15-20(27)25-30-16-17-11-7-5-8-12-17/h5-14,19H,15-16H2,1-4H3,(H,24,29)(H,25,27)/t19-/m0/s1. The van der Waals surface area contributed by atoms with Crippen LogP contribution in [0.15, 0.2) is 60.7 Å². The summed E-state index contributed by atoms with van der Waals surface area (Å²) in [5.74, 6) is -1.01. The zero-order chi connectivity index (χ0) is 22.9. The second kappa shape index (κ2) is 11.1. The number of ether oxygens (including phenoxy) is 1. The van der Waals surface area contributed by atoms with E-state index in [1.807, 2.05) is 36.4 Å². The Bertz CT molecular complexity index is 866. The molecule has 2 aromatic rings. The molecule has 166 valence electrons. The zero-order valence-corrected chi connectivity index (χ0v) is 18.3. The molecule has 0 aliphatic heterocycles. The van der Waals surface area contributed by atoms with Gasteiger partial charge in [-0.3, -0.25) is 14.4 Å². The Kier molecular flexibility index (Phi) is 8.57. The molecule has 0 spiro atoms. The van der Waals surface area contributed by atoms with Gasteiger partial charge in [0.2, 0.25) is 11.8 Å². The number of para-hydroxylation sites is 1. The van der Waals surface area contributed by atoms with E-state index >= 15 is 0 Å². The van der Waals surface area contributed by atoms with Gasteiger partial charge in [0.05, 0.1) is 13.0 Å². The average Bonchev–Trinajstić information content (AvgIpc) is 2.72. The van der Waals surface area contributed by atoms with Crippen LogP contribution in [0.1, 0.15) is 32.8 Å². The van der Waals surface area contributed by atoms with E-state index in [0.717, 1.165) is 5.56 Å². The van der Waals surface area contributed by atoms with E-state index in [2.05, 4.69) is 10.8 Å². The van der Waals surface area contributed by atoms with Gasteiger partial charge in [-0.2, -0.15) is 0 Å². The second-order valence-corrected chi connectivity index (χ2v) is 7.94. The molecule has 2 N–H and O–H groups in total. The fourth-order valence-electron chi connectivity index (χ4n) is 2.66. The maximum atomic E-state index is 13.0. The van der Waals surface area contributed by atoms with Gasteiger partial charge in [0.15, 0.2) is 0 Å². The molecule has 0 saturated heterocycles. The first-order chi connectivity index (χ1) is 14.7. The molecular weight excluding hydrogens is 398 g/mol. The van der Waals surface area contributed by atoms with Crippen molar-refractivity contribution >= 4 is 23.6 Å². The minimum atomic E-state index is -1.14. The Hall–Kier alpha value is -3.39. The molecular formula is C23H29N3O5. The first-order valence-electron chi connectivity index (χ1n) is 9.92.